The van der Waals surface area contributed by atoms with Gasteiger partial charge in [0, 0.05) is 48.5 Å². The molecule has 0 bridgehead atoms. The van der Waals surface area contributed by atoms with Crippen LogP contribution in [0.5, 0.6) is 11.6 Å². The van der Waals surface area contributed by atoms with Gasteiger partial charge in [0.05, 0.1) is 30.6 Å². The molecule has 0 unspecified atom stereocenters. The Morgan fingerprint density at radius 3 is 2.91 bits per heavy atom. The number of pyridine rings is 2. The number of carbonyl (C=O) groups is 2. The number of nitrogens with zero attached hydrogens (tertiary/aromatic N) is 4. The maximum absolute atomic E-state index is 12.5. The highest BCUT2D eigenvalue weighted by atomic mass is 32.2. The fourth-order valence-electron chi connectivity index (χ4n) is 4.47. The lowest BCUT2D eigenvalue weighted by Gasteiger charge is -2.39. The number of rotatable bonds is 6. The van der Waals surface area contributed by atoms with Crippen molar-refractivity contribution in [1.29, 1.82) is 0 Å². The van der Waals surface area contributed by atoms with E-state index in [9.17, 15) is 9.59 Å². The van der Waals surface area contributed by atoms with E-state index in [-0.39, 0.29) is 24.2 Å². The van der Waals surface area contributed by atoms with E-state index in [0.717, 1.165) is 34.9 Å². The molecule has 1 N–H and O–H groups in total. The van der Waals surface area contributed by atoms with Crippen molar-refractivity contribution in [3.8, 4) is 11.6 Å². The van der Waals surface area contributed by atoms with Gasteiger partial charge in [-0.25, -0.2) is 9.78 Å². The Hall–Kier alpha value is -3.57. The molecule has 2 aromatic heterocycles. The van der Waals surface area contributed by atoms with E-state index in [1.807, 2.05) is 30.3 Å². The molecule has 11 heteroatoms. The van der Waals surface area contributed by atoms with Crippen LogP contribution in [0, 0.1) is 0 Å². The summed E-state index contributed by atoms with van der Waals surface area (Å²) in [5.41, 5.74) is 2.87. The van der Waals surface area contributed by atoms with Gasteiger partial charge in [-0.15, -0.1) is 11.8 Å². The number of hydrogen-bond acceptors (Lipinski definition) is 9. The Bertz CT molecular complexity index is 1310. The Kier molecular flexibility index (Phi) is 5.57. The smallest absolute Gasteiger partial charge is 0.414 e. The first-order valence-electron chi connectivity index (χ1n) is 11.3. The third kappa shape index (κ3) is 4.32. The van der Waals surface area contributed by atoms with Crippen molar-refractivity contribution in [3.63, 3.8) is 0 Å². The number of nitrogens with one attached hydrogen (secondary N) is 1. The summed E-state index contributed by atoms with van der Waals surface area (Å²) in [6, 6.07) is 11.1. The van der Waals surface area contributed by atoms with Crippen molar-refractivity contribution in [3.05, 3.63) is 42.6 Å². The highest BCUT2D eigenvalue weighted by Gasteiger charge is 2.37. The Morgan fingerprint density at radius 2 is 2.06 bits per heavy atom. The quantitative estimate of drug-likeness (QED) is 0.555. The van der Waals surface area contributed by atoms with Crippen LogP contribution in [0.1, 0.15) is 0 Å². The van der Waals surface area contributed by atoms with E-state index in [1.54, 1.807) is 24.3 Å². The van der Waals surface area contributed by atoms with Crippen molar-refractivity contribution >= 4 is 46.2 Å². The van der Waals surface area contributed by atoms with Crippen molar-refractivity contribution in [1.82, 2.24) is 14.9 Å². The number of ether oxygens (including phenoxy) is 3. The molecule has 10 nitrogen and oxygen atoms in total. The molecule has 0 spiro atoms. The topological polar surface area (TPSA) is 106 Å². The summed E-state index contributed by atoms with van der Waals surface area (Å²) < 4.78 is 17.0. The predicted octanol–water partition coefficient (Wildman–Crippen LogP) is 2.77. The first-order chi connectivity index (χ1) is 17.1. The van der Waals surface area contributed by atoms with Gasteiger partial charge in [-0.3, -0.25) is 19.6 Å². The molecule has 35 heavy (non-hydrogen) atoms. The van der Waals surface area contributed by atoms with Gasteiger partial charge in [-0.05, 0) is 24.3 Å². The standard InChI is InChI=1S/C24H23N5O5S/c1-32-22-5-3-17-23(27-22)19(6-7-25-17)33-15-9-28(10-15)11-16-12-29(24(31)34-16)14-2-4-20-18(8-14)26-21(30)13-35-20/h2-8,15-16H,9-13H2,1H3,(H,26,30)/t16-/m1/s1. The summed E-state index contributed by atoms with van der Waals surface area (Å²) in [6.07, 6.45) is 1.11. The second-order valence-electron chi connectivity index (χ2n) is 8.62. The average Bonchev–Trinajstić information content (AvgIpc) is 3.22. The lowest BCUT2D eigenvalue weighted by molar-refractivity contribution is -0.113. The summed E-state index contributed by atoms with van der Waals surface area (Å²) in [5, 5.41) is 2.87. The molecule has 2 saturated heterocycles. The fraction of sp³-hybridized carbons (Fsp3) is 0.333. The average molecular weight is 494 g/mol. The second-order valence-corrected chi connectivity index (χ2v) is 9.64. The summed E-state index contributed by atoms with van der Waals surface area (Å²) >= 11 is 1.49. The molecule has 1 atom stereocenters. The monoisotopic (exact) mass is 493 g/mol. The van der Waals surface area contributed by atoms with E-state index in [1.165, 1.54) is 11.8 Å². The van der Waals surface area contributed by atoms with Gasteiger partial charge in [0.15, 0.2) is 0 Å². The summed E-state index contributed by atoms with van der Waals surface area (Å²) in [7, 11) is 1.58. The molecule has 1 aromatic carbocycles. The molecule has 3 aromatic rings. The molecule has 5 heterocycles. The van der Waals surface area contributed by atoms with Crippen molar-refractivity contribution in [2.45, 2.75) is 17.1 Å². The minimum atomic E-state index is -0.374. The number of hydrogen-bond donors (Lipinski definition) is 1. The number of thioether (sulfide) groups is 1. The molecule has 2 fully saturated rings. The maximum atomic E-state index is 12.5. The highest BCUT2D eigenvalue weighted by molar-refractivity contribution is 8.00. The number of anilines is 2. The number of cyclic esters (lactones) is 1. The van der Waals surface area contributed by atoms with Crippen LogP contribution in [-0.4, -0.2) is 78.1 Å². The number of methoxy groups -OCH3 is 1. The van der Waals surface area contributed by atoms with E-state index in [0.29, 0.717) is 36.0 Å². The Morgan fingerprint density at radius 1 is 1.17 bits per heavy atom. The lowest BCUT2D eigenvalue weighted by atomic mass is 10.1. The largest absolute Gasteiger partial charge is 0.485 e. The van der Waals surface area contributed by atoms with Gasteiger partial charge in [-0.2, -0.15) is 0 Å². The molecule has 180 valence electrons. The molecule has 0 saturated carbocycles. The molecule has 0 radical (unpaired) electrons. The second kappa shape index (κ2) is 8.90. The number of carbonyl (C=O) groups excluding carboxylic acids is 2. The van der Waals surface area contributed by atoms with Gasteiger partial charge >= 0.3 is 6.09 Å². The van der Waals surface area contributed by atoms with Crippen LogP contribution in [0.25, 0.3) is 11.0 Å². The maximum Gasteiger partial charge on any atom is 0.414 e. The number of benzene rings is 1. The zero-order chi connectivity index (χ0) is 23.9. The van der Waals surface area contributed by atoms with E-state index in [2.05, 4.69) is 20.2 Å². The number of amides is 2. The van der Waals surface area contributed by atoms with Crippen molar-refractivity contribution in [2.24, 2.45) is 0 Å². The molecule has 0 aliphatic carbocycles. The minimum Gasteiger partial charge on any atom is -0.485 e. The van der Waals surface area contributed by atoms with Crippen LogP contribution in [0.15, 0.2) is 47.5 Å². The van der Waals surface area contributed by atoms with Crippen LogP contribution < -0.4 is 19.7 Å². The van der Waals surface area contributed by atoms with E-state index >= 15 is 0 Å². The van der Waals surface area contributed by atoms with Gasteiger partial charge in [0.25, 0.3) is 0 Å². The van der Waals surface area contributed by atoms with Crippen molar-refractivity contribution < 1.29 is 23.8 Å². The van der Waals surface area contributed by atoms with E-state index in [4.69, 9.17) is 14.2 Å². The summed E-state index contributed by atoms with van der Waals surface area (Å²) in [6.45, 7) is 2.54. The first-order valence-corrected chi connectivity index (χ1v) is 12.3. The van der Waals surface area contributed by atoms with E-state index < -0.39 is 0 Å². The number of likely N-dealkylation sites (tertiary alicyclic amines) is 1. The third-order valence-electron chi connectivity index (χ3n) is 6.19. The van der Waals surface area contributed by atoms with Gasteiger partial charge in [0.2, 0.25) is 11.8 Å². The molecule has 3 aliphatic heterocycles. The molecular weight excluding hydrogens is 470 g/mol. The summed E-state index contributed by atoms with van der Waals surface area (Å²) in [4.78, 5) is 37.9. The lowest BCUT2D eigenvalue weighted by Crippen LogP contribution is -2.56. The molecule has 3 aliphatic rings. The van der Waals surface area contributed by atoms with Crippen LogP contribution in [0.3, 0.4) is 0 Å². The molecular formula is C24H23N5O5S. The van der Waals surface area contributed by atoms with Crippen LogP contribution in [0.2, 0.25) is 0 Å². The summed E-state index contributed by atoms with van der Waals surface area (Å²) in [5.74, 6) is 1.56. The Balaban J connectivity index is 1.05. The van der Waals surface area contributed by atoms with Gasteiger partial charge in [-0.1, -0.05) is 0 Å². The highest BCUT2D eigenvalue weighted by Crippen LogP contribution is 2.35. The van der Waals surface area contributed by atoms with Crippen LogP contribution >= 0.6 is 11.8 Å². The predicted molar refractivity (Wildman–Crippen MR) is 130 cm³/mol. The zero-order valence-electron chi connectivity index (χ0n) is 19.0. The van der Waals surface area contributed by atoms with Crippen LogP contribution in [-0.2, 0) is 9.53 Å². The minimum absolute atomic E-state index is 0.0172. The van der Waals surface area contributed by atoms with Crippen molar-refractivity contribution in [2.75, 3.05) is 49.3 Å². The van der Waals surface area contributed by atoms with Gasteiger partial charge in [0.1, 0.15) is 23.5 Å². The number of fused-ring (bicyclic) bond motifs is 2. The Labute approximate surface area is 205 Å². The van der Waals surface area contributed by atoms with Crippen LogP contribution in [0.4, 0.5) is 16.2 Å². The molecule has 6 rings (SSSR count). The first kappa shape index (κ1) is 21.9. The molecule has 2 amide bonds. The normalized spacial score (nSPS) is 20.3. The SMILES string of the molecule is COc1ccc2nccc(OC3CN(C[C@@H]4CN(c5ccc6c(c5)NC(=O)CS6)C(=O)O4)C3)c2n1. The van der Waals surface area contributed by atoms with Gasteiger partial charge < -0.3 is 19.5 Å². The fourth-order valence-corrected chi connectivity index (χ4v) is 5.26. The number of aromatic nitrogens is 2. The third-order valence-corrected chi connectivity index (χ3v) is 7.26. The zero-order valence-corrected chi connectivity index (χ0v) is 19.8.